The minimum atomic E-state index is -1.88. The highest BCUT2D eigenvalue weighted by Gasteiger charge is 2.41. The smallest absolute Gasteiger partial charge is 0.408 e. The quantitative estimate of drug-likeness (QED) is 0.829. The summed E-state index contributed by atoms with van der Waals surface area (Å²) >= 11 is 0. The Labute approximate surface area is 139 Å². The molecular formula is C17H27NO4Si. The number of carbonyl (C=O) groups is 1. The minimum Gasteiger partial charge on any atom is -0.497 e. The second-order valence-electron chi connectivity index (χ2n) is 7.41. The van der Waals surface area contributed by atoms with Crippen molar-refractivity contribution < 1.29 is 18.7 Å². The largest absolute Gasteiger partial charge is 0.497 e. The molecule has 2 atom stereocenters. The van der Waals surface area contributed by atoms with Crippen LogP contribution in [0.1, 0.15) is 32.4 Å². The Balaban J connectivity index is 2.09. The second-order valence-corrected chi connectivity index (χ2v) is 12.2. The molecule has 128 valence electrons. The van der Waals surface area contributed by atoms with E-state index < -0.39 is 14.4 Å². The number of nitrogens with one attached hydrogen (secondary N) is 1. The molecule has 0 saturated carbocycles. The molecule has 0 bridgehead atoms. The number of benzene rings is 1. The van der Waals surface area contributed by atoms with Gasteiger partial charge in [0.2, 0.25) is 0 Å². The molecule has 1 amide bonds. The zero-order valence-electron chi connectivity index (χ0n) is 14.8. The van der Waals surface area contributed by atoms with Gasteiger partial charge in [-0.3, -0.25) is 0 Å². The SMILES string of the molecule is COc1ccc([C@@H]2NC(=O)O[C@H]2CO[Si](C)(C)C(C)(C)C)cc1. The van der Waals surface area contributed by atoms with Crippen LogP contribution in [0.25, 0.3) is 0 Å². The Bertz CT molecular complexity index is 551. The molecule has 0 aromatic heterocycles. The first-order valence-corrected chi connectivity index (χ1v) is 10.8. The van der Waals surface area contributed by atoms with Crippen molar-refractivity contribution in [3.63, 3.8) is 0 Å². The summed E-state index contributed by atoms with van der Waals surface area (Å²) in [6.07, 6.45) is -0.709. The molecule has 0 radical (unpaired) electrons. The molecule has 6 heteroatoms. The first-order chi connectivity index (χ1) is 10.6. The van der Waals surface area contributed by atoms with Gasteiger partial charge in [0.25, 0.3) is 0 Å². The summed E-state index contributed by atoms with van der Waals surface area (Å²) in [4.78, 5) is 11.7. The Morgan fingerprint density at radius 1 is 1.22 bits per heavy atom. The lowest BCUT2D eigenvalue weighted by Crippen LogP contribution is -2.43. The van der Waals surface area contributed by atoms with Crippen LogP contribution < -0.4 is 10.1 Å². The number of ether oxygens (including phenoxy) is 2. The summed E-state index contributed by atoms with van der Waals surface area (Å²) in [5.41, 5.74) is 0.987. The van der Waals surface area contributed by atoms with E-state index in [-0.39, 0.29) is 17.2 Å². The summed E-state index contributed by atoms with van der Waals surface area (Å²) in [6, 6.07) is 7.45. The molecule has 23 heavy (non-hydrogen) atoms. The van der Waals surface area contributed by atoms with Gasteiger partial charge in [0, 0.05) is 0 Å². The van der Waals surface area contributed by atoms with Crippen molar-refractivity contribution in [1.29, 1.82) is 0 Å². The molecule has 1 aliphatic rings. The molecular weight excluding hydrogens is 310 g/mol. The van der Waals surface area contributed by atoms with Crippen LogP contribution in [0.4, 0.5) is 4.79 Å². The third-order valence-electron chi connectivity index (χ3n) is 4.79. The fourth-order valence-electron chi connectivity index (χ4n) is 2.21. The summed E-state index contributed by atoms with van der Waals surface area (Å²) in [6.45, 7) is 11.4. The van der Waals surface area contributed by atoms with Crippen LogP contribution in [0.15, 0.2) is 24.3 Å². The number of hydrogen-bond acceptors (Lipinski definition) is 4. The molecule has 1 aliphatic heterocycles. The van der Waals surface area contributed by atoms with Crippen molar-refractivity contribution in [2.75, 3.05) is 13.7 Å². The van der Waals surface area contributed by atoms with Gasteiger partial charge in [0.1, 0.15) is 11.9 Å². The molecule has 0 spiro atoms. The Morgan fingerprint density at radius 3 is 2.35 bits per heavy atom. The van der Waals surface area contributed by atoms with Crippen LogP contribution in [0.3, 0.4) is 0 Å². The second kappa shape index (κ2) is 6.53. The van der Waals surface area contributed by atoms with Gasteiger partial charge in [0.05, 0.1) is 19.8 Å². The number of methoxy groups -OCH3 is 1. The maximum atomic E-state index is 11.7. The summed E-state index contributed by atoms with van der Waals surface area (Å²) < 4.78 is 16.8. The maximum absolute atomic E-state index is 11.7. The Hall–Kier alpha value is -1.53. The van der Waals surface area contributed by atoms with Gasteiger partial charge in [-0.05, 0) is 35.8 Å². The number of amides is 1. The van der Waals surface area contributed by atoms with Gasteiger partial charge in [-0.15, -0.1) is 0 Å². The average Bonchev–Trinajstić information content (AvgIpc) is 2.85. The fraction of sp³-hybridized carbons (Fsp3) is 0.588. The van der Waals surface area contributed by atoms with E-state index in [9.17, 15) is 4.79 Å². The van der Waals surface area contributed by atoms with Crippen molar-refractivity contribution in [2.24, 2.45) is 0 Å². The number of alkyl carbamates (subject to hydrolysis) is 1. The third-order valence-corrected chi connectivity index (χ3v) is 9.29. The first kappa shape index (κ1) is 17.8. The van der Waals surface area contributed by atoms with E-state index in [1.165, 1.54) is 0 Å². The topological polar surface area (TPSA) is 56.8 Å². The molecule has 0 unspecified atom stereocenters. The molecule has 1 fully saturated rings. The van der Waals surface area contributed by atoms with Crippen molar-refractivity contribution in [1.82, 2.24) is 5.32 Å². The van der Waals surface area contributed by atoms with Gasteiger partial charge < -0.3 is 19.2 Å². The van der Waals surface area contributed by atoms with Gasteiger partial charge >= 0.3 is 6.09 Å². The minimum absolute atomic E-state index is 0.124. The molecule has 1 aromatic carbocycles. The maximum Gasteiger partial charge on any atom is 0.408 e. The predicted octanol–water partition coefficient (Wildman–Crippen LogP) is 3.87. The van der Waals surface area contributed by atoms with E-state index in [0.717, 1.165) is 11.3 Å². The highest BCUT2D eigenvalue weighted by atomic mass is 28.4. The number of cyclic esters (lactones) is 1. The summed E-state index contributed by atoms with van der Waals surface area (Å²) in [5, 5.41) is 2.99. The standard InChI is InChI=1S/C17H27NO4Si/c1-17(2,3)23(5,6)21-11-14-15(18-16(19)22-14)12-7-9-13(20-4)10-8-12/h7-10,14-15H,11H2,1-6H3,(H,18,19)/t14-,15-/m0/s1. The normalized spacial score (nSPS) is 21.7. The van der Waals surface area contributed by atoms with Crippen molar-refractivity contribution >= 4 is 14.4 Å². The molecule has 5 nitrogen and oxygen atoms in total. The van der Waals surface area contributed by atoms with Crippen LogP contribution in [-0.2, 0) is 9.16 Å². The Kier molecular flexibility index (Phi) is 5.06. The van der Waals surface area contributed by atoms with E-state index in [0.29, 0.717) is 6.61 Å². The third kappa shape index (κ3) is 4.06. The van der Waals surface area contributed by atoms with E-state index in [4.69, 9.17) is 13.9 Å². The fourth-order valence-corrected chi connectivity index (χ4v) is 3.22. The van der Waals surface area contributed by atoms with E-state index >= 15 is 0 Å². The van der Waals surface area contributed by atoms with Gasteiger partial charge in [0.15, 0.2) is 8.32 Å². The molecule has 1 aromatic rings. The van der Waals surface area contributed by atoms with Crippen molar-refractivity contribution in [3.8, 4) is 5.75 Å². The zero-order valence-corrected chi connectivity index (χ0v) is 15.8. The van der Waals surface area contributed by atoms with E-state index in [1.54, 1.807) is 7.11 Å². The predicted molar refractivity (Wildman–Crippen MR) is 92.3 cm³/mol. The molecule has 1 N–H and O–H groups in total. The van der Waals surface area contributed by atoms with E-state index in [2.05, 4.69) is 39.2 Å². The lowest BCUT2D eigenvalue weighted by Gasteiger charge is -2.37. The zero-order chi connectivity index (χ0) is 17.3. The van der Waals surface area contributed by atoms with Gasteiger partial charge in [-0.1, -0.05) is 32.9 Å². The van der Waals surface area contributed by atoms with Crippen LogP contribution in [0, 0.1) is 0 Å². The van der Waals surface area contributed by atoms with Crippen LogP contribution in [-0.4, -0.2) is 34.2 Å². The van der Waals surface area contributed by atoms with Crippen LogP contribution in [0.5, 0.6) is 5.75 Å². The highest BCUT2D eigenvalue weighted by Crippen LogP contribution is 2.37. The van der Waals surface area contributed by atoms with Crippen molar-refractivity contribution in [3.05, 3.63) is 29.8 Å². The molecule has 1 saturated heterocycles. The lowest BCUT2D eigenvalue weighted by atomic mass is 10.0. The van der Waals surface area contributed by atoms with Crippen LogP contribution >= 0.6 is 0 Å². The average molecular weight is 337 g/mol. The molecule has 1 heterocycles. The lowest BCUT2D eigenvalue weighted by molar-refractivity contribution is 0.0866. The van der Waals surface area contributed by atoms with Crippen molar-refractivity contribution in [2.45, 2.75) is 51.0 Å². The number of rotatable bonds is 5. The van der Waals surface area contributed by atoms with Crippen LogP contribution in [0.2, 0.25) is 18.1 Å². The monoisotopic (exact) mass is 337 g/mol. The van der Waals surface area contributed by atoms with E-state index in [1.807, 2.05) is 24.3 Å². The number of carbonyl (C=O) groups excluding carboxylic acids is 1. The van der Waals surface area contributed by atoms with Gasteiger partial charge in [-0.2, -0.15) is 0 Å². The van der Waals surface area contributed by atoms with Gasteiger partial charge in [-0.25, -0.2) is 4.79 Å². The molecule has 2 rings (SSSR count). The first-order valence-electron chi connectivity index (χ1n) is 7.89. The Morgan fingerprint density at radius 2 is 1.83 bits per heavy atom. The summed E-state index contributed by atoms with van der Waals surface area (Å²) in [5.74, 6) is 0.785. The summed E-state index contributed by atoms with van der Waals surface area (Å²) in [7, 11) is -0.249. The highest BCUT2D eigenvalue weighted by molar-refractivity contribution is 6.74. The number of hydrogen-bond donors (Lipinski definition) is 1. The molecule has 0 aliphatic carbocycles.